The number of fused-ring (bicyclic) bond motifs is 1. The molecule has 4 rings (SSSR count). The fraction of sp³-hybridized carbons (Fsp3) is 0.192. The number of aromatic amines is 1. The maximum absolute atomic E-state index is 12.2. The fourth-order valence-electron chi connectivity index (χ4n) is 3.82. The van der Waals surface area contributed by atoms with Crippen molar-refractivity contribution in [1.29, 1.82) is 0 Å². The lowest BCUT2D eigenvalue weighted by molar-refractivity contribution is 0.0827. The zero-order chi connectivity index (χ0) is 23.5. The van der Waals surface area contributed by atoms with E-state index < -0.39 is 0 Å². The monoisotopic (exact) mass is 445 g/mol. The molecular formula is C26H27N3O4. The second-order valence-corrected chi connectivity index (χ2v) is 7.77. The first-order valence-corrected chi connectivity index (χ1v) is 10.5. The fourth-order valence-corrected chi connectivity index (χ4v) is 3.82. The summed E-state index contributed by atoms with van der Waals surface area (Å²) in [5.41, 5.74) is 4.53. The first kappa shape index (κ1) is 22.1. The molecule has 0 fully saturated rings. The zero-order valence-corrected chi connectivity index (χ0v) is 19.4. The maximum Gasteiger partial charge on any atom is 0.253 e. The van der Waals surface area contributed by atoms with Gasteiger partial charge < -0.3 is 29.4 Å². The number of nitrogens with one attached hydrogen (secondary N) is 2. The Morgan fingerprint density at radius 3 is 2.12 bits per heavy atom. The molecule has 7 heteroatoms. The van der Waals surface area contributed by atoms with E-state index in [0.29, 0.717) is 22.8 Å². The van der Waals surface area contributed by atoms with Gasteiger partial charge in [-0.3, -0.25) is 4.79 Å². The van der Waals surface area contributed by atoms with Gasteiger partial charge in [-0.2, -0.15) is 0 Å². The SMILES string of the molecule is COc1cc(Nc2cc3cccc(-c4ccc(C(=O)N(C)C)cc4)c3[nH]2)cc(OC)c1OC. The smallest absolute Gasteiger partial charge is 0.253 e. The highest BCUT2D eigenvalue weighted by Crippen LogP contribution is 2.41. The van der Waals surface area contributed by atoms with Crippen molar-refractivity contribution in [1.82, 2.24) is 9.88 Å². The number of ether oxygens (including phenoxy) is 3. The topological polar surface area (TPSA) is 75.8 Å². The van der Waals surface area contributed by atoms with E-state index in [2.05, 4.69) is 22.4 Å². The van der Waals surface area contributed by atoms with Crippen LogP contribution in [-0.4, -0.2) is 51.2 Å². The van der Waals surface area contributed by atoms with Crippen molar-refractivity contribution in [3.8, 4) is 28.4 Å². The Morgan fingerprint density at radius 2 is 1.55 bits per heavy atom. The number of benzene rings is 3. The number of para-hydroxylation sites is 1. The molecule has 1 aromatic heterocycles. The van der Waals surface area contributed by atoms with Crippen LogP contribution in [0.4, 0.5) is 11.5 Å². The summed E-state index contributed by atoms with van der Waals surface area (Å²) in [6.07, 6.45) is 0. The molecule has 0 saturated heterocycles. The van der Waals surface area contributed by atoms with Crippen molar-refractivity contribution in [2.75, 3.05) is 40.7 Å². The molecule has 1 heterocycles. The van der Waals surface area contributed by atoms with Crippen molar-refractivity contribution < 1.29 is 19.0 Å². The minimum absolute atomic E-state index is 0.0172. The molecule has 0 aliphatic rings. The first-order chi connectivity index (χ1) is 15.9. The summed E-state index contributed by atoms with van der Waals surface area (Å²) >= 11 is 0. The van der Waals surface area contributed by atoms with Crippen LogP contribution in [0.1, 0.15) is 10.4 Å². The lowest BCUT2D eigenvalue weighted by atomic mass is 10.0. The van der Waals surface area contributed by atoms with Gasteiger partial charge in [-0.25, -0.2) is 0 Å². The number of anilines is 2. The van der Waals surface area contributed by atoms with Crippen LogP contribution in [0.2, 0.25) is 0 Å². The minimum atomic E-state index is -0.0172. The van der Waals surface area contributed by atoms with Gasteiger partial charge in [0.05, 0.1) is 26.8 Å². The molecule has 1 amide bonds. The summed E-state index contributed by atoms with van der Waals surface area (Å²) in [4.78, 5) is 17.2. The molecule has 0 unspecified atom stereocenters. The molecular weight excluding hydrogens is 418 g/mol. The number of amides is 1. The number of hydrogen-bond acceptors (Lipinski definition) is 5. The molecule has 0 radical (unpaired) electrons. The van der Waals surface area contributed by atoms with Crippen LogP contribution in [0.3, 0.4) is 0 Å². The van der Waals surface area contributed by atoms with E-state index >= 15 is 0 Å². The molecule has 4 aromatic rings. The largest absolute Gasteiger partial charge is 0.493 e. The third kappa shape index (κ3) is 4.30. The second kappa shape index (κ2) is 9.16. The van der Waals surface area contributed by atoms with Crippen LogP contribution in [-0.2, 0) is 0 Å². The molecule has 0 saturated carbocycles. The zero-order valence-electron chi connectivity index (χ0n) is 19.4. The van der Waals surface area contributed by atoms with Crippen LogP contribution in [0.25, 0.3) is 22.0 Å². The van der Waals surface area contributed by atoms with Crippen LogP contribution >= 0.6 is 0 Å². The molecule has 0 spiro atoms. The van der Waals surface area contributed by atoms with Crippen molar-refractivity contribution >= 4 is 28.3 Å². The van der Waals surface area contributed by atoms with E-state index in [1.807, 2.05) is 48.5 Å². The van der Waals surface area contributed by atoms with Gasteiger partial charge in [-0.05, 0) is 23.8 Å². The van der Waals surface area contributed by atoms with Gasteiger partial charge in [0.15, 0.2) is 11.5 Å². The van der Waals surface area contributed by atoms with E-state index in [0.717, 1.165) is 33.5 Å². The maximum atomic E-state index is 12.2. The van der Waals surface area contributed by atoms with Crippen LogP contribution in [0.15, 0.2) is 60.7 Å². The summed E-state index contributed by atoms with van der Waals surface area (Å²) in [5, 5.41) is 4.45. The van der Waals surface area contributed by atoms with Crippen molar-refractivity contribution in [2.45, 2.75) is 0 Å². The standard InChI is InChI=1S/C26H27N3O4/c1-29(2)26(30)17-11-9-16(10-12-17)20-8-6-7-18-13-23(28-24(18)20)27-19-14-21(31-3)25(33-5)22(15-19)32-4/h6-15,27-28H,1-5H3. The van der Waals surface area contributed by atoms with Crippen LogP contribution in [0, 0.1) is 0 Å². The highest BCUT2D eigenvalue weighted by molar-refractivity contribution is 5.98. The molecule has 0 bridgehead atoms. The average molecular weight is 446 g/mol. The molecule has 0 aliphatic carbocycles. The highest BCUT2D eigenvalue weighted by atomic mass is 16.5. The van der Waals surface area contributed by atoms with Crippen LogP contribution < -0.4 is 19.5 Å². The number of carbonyl (C=O) groups excluding carboxylic acids is 1. The Bertz CT molecular complexity index is 1270. The van der Waals surface area contributed by atoms with E-state index in [1.165, 1.54) is 0 Å². The van der Waals surface area contributed by atoms with Gasteiger partial charge in [0.1, 0.15) is 5.82 Å². The summed E-state index contributed by atoms with van der Waals surface area (Å²) in [5.74, 6) is 2.50. The summed E-state index contributed by atoms with van der Waals surface area (Å²) < 4.78 is 16.3. The van der Waals surface area contributed by atoms with E-state index in [4.69, 9.17) is 14.2 Å². The van der Waals surface area contributed by atoms with E-state index in [9.17, 15) is 4.79 Å². The lowest BCUT2D eigenvalue weighted by Crippen LogP contribution is -2.21. The number of methoxy groups -OCH3 is 3. The van der Waals surface area contributed by atoms with Crippen LogP contribution in [0.5, 0.6) is 17.2 Å². The second-order valence-electron chi connectivity index (χ2n) is 7.77. The third-order valence-corrected chi connectivity index (χ3v) is 5.45. The summed E-state index contributed by atoms with van der Waals surface area (Å²) in [6.45, 7) is 0. The van der Waals surface area contributed by atoms with Crippen molar-refractivity contribution in [2.24, 2.45) is 0 Å². The van der Waals surface area contributed by atoms with E-state index in [1.54, 1.807) is 40.3 Å². The number of aromatic nitrogens is 1. The number of H-pyrrole nitrogens is 1. The molecule has 7 nitrogen and oxygen atoms in total. The minimum Gasteiger partial charge on any atom is -0.493 e. The van der Waals surface area contributed by atoms with Gasteiger partial charge in [0, 0.05) is 48.4 Å². The highest BCUT2D eigenvalue weighted by Gasteiger charge is 2.15. The molecule has 33 heavy (non-hydrogen) atoms. The molecule has 170 valence electrons. The van der Waals surface area contributed by atoms with Crippen molar-refractivity contribution in [3.63, 3.8) is 0 Å². The van der Waals surface area contributed by atoms with Gasteiger partial charge in [-0.15, -0.1) is 0 Å². The molecule has 0 atom stereocenters. The lowest BCUT2D eigenvalue weighted by Gasteiger charge is -2.14. The first-order valence-electron chi connectivity index (χ1n) is 10.5. The Labute approximate surface area is 192 Å². The van der Waals surface area contributed by atoms with Gasteiger partial charge in [0.2, 0.25) is 5.75 Å². The predicted molar refractivity (Wildman–Crippen MR) is 131 cm³/mol. The quantitative estimate of drug-likeness (QED) is 0.403. The third-order valence-electron chi connectivity index (χ3n) is 5.45. The molecule has 3 aromatic carbocycles. The number of rotatable bonds is 7. The average Bonchev–Trinajstić information content (AvgIpc) is 3.25. The summed E-state index contributed by atoms with van der Waals surface area (Å²) in [6, 6.07) is 19.5. The molecule has 2 N–H and O–H groups in total. The Balaban J connectivity index is 1.68. The number of carbonyl (C=O) groups is 1. The Kier molecular flexibility index (Phi) is 6.13. The Hall–Kier alpha value is -4.13. The van der Waals surface area contributed by atoms with Crippen molar-refractivity contribution in [3.05, 3.63) is 66.2 Å². The number of hydrogen-bond donors (Lipinski definition) is 2. The normalized spacial score (nSPS) is 10.7. The molecule has 0 aliphatic heterocycles. The summed E-state index contributed by atoms with van der Waals surface area (Å²) in [7, 11) is 8.26. The van der Waals surface area contributed by atoms with E-state index in [-0.39, 0.29) is 5.91 Å². The van der Waals surface area contributed by atoms with Gasteiger partial charge in [0.25, 0.3) is 5.91 Å². The van der Waals surface area contributed by atoms with Gasteiger partial charge >= 0.3 is 0 Å². The van der Waals surface area contributed by atoms with Gasteiger partial charge in [-0.1, -0.05) is 30.3 Å². The predicted octanol–water partition coefficient (Wildman–Crippen LogP) is 5.31. The Morgan fingerprint density at radius 1 is 0.879 bits per heavy atom. The number of nitrogens with zero attached hydrogens (tertiary/aromatic N) is 1.